The van der Waals surface area contributed by atoms with E-state index in [9.17, 15) is 17.6 Å². The summed E-state index contributed by atoms with van der Waals surface area (Å²) in [6, 6.07) is 15.4. The Morgan fingerprint density at radius 1 is 1.11 bits per heavy atom. The summed E-state index contributed by atoms with van der Waals surface area (Å²) in [6.07, 6.45) is 4.97. The number of nitrogens with one attached hydrogen (secondary N) is 1. The molecular formula is C29H33FN2O4S. The number of benzene rings is 2. The predicted molar refractivity (Wildman–Crippen MR) is 144 cm³/mol. The smallest absolute Gasteiger partial charge is 0.251 e. The van der Waals surface area contributed by atoms with Crippen molar-refractivity contribution in [2.75, 3.05) is 19.8 Å². The summed E-state index contributed by atoms with van der Waals surface area (Å²) in [5.74, 6) is 0.228. The van der Waals surface area contributed by atoms with E-state index in [0.717, 1.165) is 17.6 Å². The number of sulfonamides is 1. The third-order valence-electron chi connectivity index (χ3n) is 6.66. The first kappa shape index (κ1) is 26.7. The Balaban J connectivity index is 1.84. The van der Waals surface area contributed by atoms with Crippen LogP contribution >= 0.6 is 0 Å². The van der Waals surface area contributed by atoms with Gasteiger partial charge in [-0.05, 0) is 60.6 Å². The molecule has 4 rings (SSSR count). The Hall–Kier alpha value is -3.39. The van der Waals surface area contributed by atoms with Crippen LogP contribution in [-0.2, 0) is 19.6 Å². The highest BCUT2D eigenvalue weighted by atomic mass is 32.2. The molecule has 0 spiro atoms. The molecule has 0 saturated carbocycles. The van der Waals surface area contributed by atoms with E-state index in [1.54, 1.807) is 25.3 Å². The fourth-order valence-corrected chi connectivity index (χ4v) is 5.84. The van der Waals surface area contributed by atoms with Crippen LogP contribution in [0.3, 0.4) is 0 Å². The summed E-state index contributed by atoms with van der Waals surface area (Å²) in [5.41, 5.74) is 3.29. The van der Waals surface area contributed by atoms with Gasteiger partial charge in [0, 0.05) is 25.2 Å². The minimum atomic E-state index is -3.60. The van der Waals surface area contributed by atoms with Crippen LogP contribution in [0.4, 0.5) is 4.39 Å². The first-order valence-corrected chi connectivity index (χ1v) is 14.3. The maximum absolute atomic E-state index is 13.6. The number of hydrogen-bond acceptors (Lipinski definition) is 4. The van der Waals surface area contributed by atoms with Crippen molar-refractivity contribution in [3.8, 4) is 0 Å². The van der Waals surface area contributed by atoms with Gasteiger partial charge in [-0.2, -0.15) is 0 Å². The molecule has 1 atom stereocenters. The molecule has 1 N–H and O–H groups in total. The molecule has 1 unspecified atom stereocenters. The molecule has 0 aromatic heterocycles. The van der Waals surface area contributed by atoms with Crippen LogP contribution < -0.4 is 5.32 Å². The lowest BCUT2D eigenvalue weighted by atomic mass is 9.82. The molecule has 2 aliphatic rings. The molecule has 0 radical (unpaired) electrons. The summed E-state index contributed by atoms with van der Waals surface area (Å²) in [6.45, 7) is 4.57. The first-order chi connectivity index (χ1) is 17.6. The monoisotopic (exact) mass is 524 g/mol. The van der Waals surface area contributed by atoms with Gasteiger partial charge >= 0.3 is 0 Å². The van der Waals surface area contributed by atoms with Crippen molar-refractivity contribution in [2.24, 2.45) is 11.8 Å². The summed E-state index contributed by atoms with van der Waals surface area (Å²) in [4.78, 5) is 13.1. The molecule has 0 bridgehead atoms. The van der Waals surface area contributed by atoms with E-state index in [2.05, 4.69) is 19.2 Å². The Labute approximate surface area is 218 Å². The number of amides is 1. The first-order valence-electron chi connectivity index (χ1n) is 12.5. The van der Waals surface area contributed by atoms with Crippen molar-refractivity contribution in [2.45, 2.75) is 33.1 Å². The highest BCUT2D eigenvalue weighted by molar-refractivity contribution is 7.88. The van der Waals surface area contributed by atoms with E-state index in [-0.39, 0.29) is 11.7 Å². The highest BCUT2D eigenvalue weighted by Crippen LogP contribution is 2.48. The van der Waals surface area contributed by atoms with Crippen LogP contribution in [-0.4, -0.2) is 38.5 Å². The van der Waals surface area contributed by atoms with Crippen molar-refractivity contribution >= 4 is 27.3 Å². The maximum atomic E-state index is 13.6. The van der Waals surface area contributed by atoms with Gasteiger partial charge in [0.2, 0.25) is 10.0 Å². The molecule has 1 amide bonds. The van der Waals surface area contributed by atoms with Gasteiger partial charge in [-0.1, -0.05) is 44.2 Å². The van der Waals surface area contributed by atoms with Crippen molar-refractivity contribution in [1.82, 2.24) is 9.62 Å². The summed E-state index contributed by atoms with van der Waals surface area (Å²) in [5, 5.41) is 2.70. The van der Waals surface area contributed by atoms with Gasteiger partial charge in [-0.15, -0.1) is 0 Å². The average Bonchev–Trinajstić information content (AvgIpc) is 3.24. The molecule has 1 heterocycles. The second kappa shape index (κ2) is 10.9. The summed E-state index contributed by atoms with van der Waals surface area (Å²) < 4.78 is 47.4. The SMILES string of the molecule is CNC(=O)C1=C(c2ccc(F)cc2)OC2=CC(N(CCCC(C)C)S(C)(=O)=O)=C(c3ccccc3)CC21. The molecule has 1 aliphatic carbocycles. The van der Waals surface area contributed by atoms with Crippen LogP contribution in [0.2, 0.25) is 0 Å². The van der Waals surface area contributed by atoms with E-state index in [0.29, 0.717) is 53.7 Å². The fourth-order valence-electron chi connectivity index (χ4n) is 4.86. The lowest BCUT2D eigenvalue weighted by Crippen LogP contribution is -2.33. The van der Waals surface area contributed by atoms with Crippen LogP contribution in [0.1, 0.15) is 44.2 Å². The van der Waals surface area contributed by atoms with Gasteiger partial charge in [0.15, 0.2) is 0 Å². The number of likely N-dealkylation sites (N-methyl/N-ethyl adjacent to an activating group) is 1. The fraction of sp³-hybridized carbons (Fsp3) is 0.345. The molecule has 8 heteroatoms. The third-order valence-corrected chi connectivity index (χ3v) is 7.84. The van der Waals surface area contributed by atoms with Crippen LogP contribution in [0.5, 0.6) is 0 Å². The number of fused-ring (bicyclic) bond motifs is 1. The summed E-state index contributed by atoms with van der Waals surface area (Å²) >= 11 is 0. The molecule has 0 saturated heterocycles. The molecule has 6 nitrogen and oxygen atoms in total. The van der Waals surface area contributed by atoms with E-state index in [4.69, 9.17) is 4.74 Å². The molecule has 37 heavy (non-hydrogen) atoms. The van der Waals surface area contributed by atoms with E-state index >= 15 is 0 Å². The number of allylic oxidation sites excluding steroid dienone is 3. The van der Waals surface area contributed by atoms with E-state index < -0.39 is 15.9 Å². The number of halogens is 1. The minimum Gasteiger partial charge on any atom is -0.460 e. The lowest BCUT2D eigenvalue weighted by Gasteiger charge is -2.31. The Morgan fingerprint density at radius 3 is 2.38 bits per heavy atom. The van der Waals surface area contributed by atoms with Gasteiger partial charge in [0.05, 0.1) is 23.4 Å². The van der Waals surface area contributed by atoms with Gasteiger partial charge in [0.1, 0.15) is 17.3 Å². The zero-order valence-electron chi connectivity index (χ0n) is 21.6. The molecule has 0 fully saturated rings. The van der Waals surface area contributed by atoms with Gasteiger partial charge in [-0.3, -0.25) is 9.10 Å². The molecule has 2 aromatic rings. The highest BCUT2D eigenvalue weighted by Gasteiger charge is 2.41. The topological polar surface area (TPSA) is 75.7 Å². The van der Waals surface area contributed by atoms with Crippen molar-refractivity contribution < 1.29 is 22.3 Å². The van der Waals surface area contributed by atoms with Crippen molar-refractivity contribution in [3.63, 3.8) is 0 Å². The number of rotatable bonds is 9. The summed E-state index contributed by atoms with van der Waals surface area (Å²) in [7, 11) is -2.04. The number of nitrogens with zero attached hydrogens (tertiary/aromatic N) is 1. The standard InChI is InChI=1S/C29H33FN2O4S/c1-19(2)9-8-16-32(37(4,34)35)25-18-26-24(17-23(25)20-10-6-5-7-11-20)27(29(33)31-3)28(36-26)21-12-14-22(30)15-13-21/h5-7,10-15,18-19,24H,8-9,16-17H2,1-4H3,(H,31,33). The third kappa shape index (κ3) is 5.80. The predicted octanol–water partition coefficient (Wildman–Crippen LogP) is 5.33. The number of carbonyl (C=O) groups excluding carboxylic acids is 1. The lowest BCUT2D eigenvalue weighted by molar-refractivity contribution is -0.117. The molecular weight excluding hydrogens is 491 g/mol. The zero-order valence-corrected chi connectivity index (χ0v) is 22.4. The van der Waals surface area contributed by atoms with Crippen molar-refractivity contribution in [1.29, 1.82) is 0 Å². The number of carbonyl (C=O) groups is 1. The minimum absolute atomic E-state index is 0.291. The van der Waals surface area contributed by atoms with Gasteiger partial charge in [-0.25, -0.2) is 12.8 Å². The largest absolute Gasteiger partial charge is 0.460 e. The van der Waals surface area contributed by atoms with Crippen molar-refractivity contribution in [3.05, 3.63) is 94.6 Å². The average molecular weight is 525 g/mol. The quantitative estimate of drug-likeness (QED) is 0.481. The Bertz CT molecular complexity index is 1360. The molecule has 196 valence electrons. The number of hydrogen-bond donors (Lipinski definition) is 1. The zero-order chi connectivity index (χ0) is 26.7. The van der Waals surface area contributed by atoms with Crippen LogP contribution in [0.25, 0.3) is 11.3 Å². The number of ether oxygens (including phenoxy) is 1. The van der Waals surface area contributed by atoms with Crippen LogP contribution in [0, 0.1) is 17.7 Å². The Kier molecular flexibility index (Phi) is 7.87. The maximum Gasteiger partial charge on any atom is 0.251 e. The van der Waals surface area contributed by atoms with Crippen LogP contribution in [0.15, 0.2) is 77.7 Å². The van der Waals surface area contributed by atoms with E-state index in [1.165, 1.54) is 22.7 Å². The normalized spacial score (nSPS) is 17.5. The van der Waals surface area contributed by atoms with E-state index in [1.807, 2.05) is 30.3 Å². The Morgan fingerprint density at radius 2 is 1.78 bits per heavy atom. The van der Waals surface area contributed by atoms with Gasteiger partial charge in [0.25, 0.3) is 5.91 Å². The second-order valence-electron chi connectivity index (χ2n) is 9.84. The molecule has 2 aromatic carbocycles. The second-order valence-corrected chi connectivity index (χ2v) is 11.7. The molecule has 1 aliphatic heterocycles. The van der Waals surface area contributed by atoms with Gasteiger partial charge < -0.3 is 10.1 Å².